The van der Waals surface area contributed by atoms with Crippen LogP contribution in [0.5, 0.6) is 5.75 Å². The number of ether oxygens (including phenoxy) is 1. The Morgan fingerprint density at radius 2 is 1.68 bits per heavy atom. The lowest BCUT2D eigenvalue weighted by Gasteiger charge is -2.22. The fraction of sp³-hybridized carbons (Fsp3) is 0.150. The predicted octanol–water partition coefficient (Wildman–Crippen LogP) is 2.70. The molecule has 8 nitrogen and oxygen atoms in total. The molecule has 0 bridgehead atoms. The molecule has 2 aromatic rings. The normalized spacial score (nSPS) is 12.8. The second-order valence-corrected chi connectivity index (χ2v) is 5.93. The van der Waals surface area contributed by atoms with Crippen molar-refractivity contribution in [3.05, 3.63) is 77.9 Å². The summed E-state index contributed by atoms with van der Waals surface area (Å²) >= 11 is 0. The number of benzene rings is 2. The third kappa shape index (κ3) is 5.96. The second-order valence-electron chi connectivity index (χ2n) is 5.93. The summed E-state index contributed by atoms with van der Waals surface area (Å²) in [6.45, 7) is 1.69. The number of imide groups is 1. The van der Waals surface area contributed by atoms with Gasteiger partial charge in [-0.2, -0.15) is 0 Å². The number of phenols is 1. The molecule has 3 amide bonds. The summed E-state index contributed by atoms with van der Waals surface area (Å²) in [4.78, 5) is 35.5. The SMILES string of the molecule is C[C@@H](/C=C/C(=O)NO)[C@H](OC(=O)NC(=O)c1ccccc1)c1ccc(O)cc1. The first-order valence-electron chi connectivity index (χ1n) is 8.39. The molecule has 2 rings (SSSR count). The van der Waals surface area contributed by atoms with Gasteiger partial charge >= 0.3 is 6.09 Å². The highest BCUT2D eigenvalue weighted by molar-refractivity contribution is 6.02. The first-order chi connectivity index (χ1) is 13.4. The monoisotopic (exact) mass is 384 g/mol. The predicted molar refractivity (Wildman–Crippen MR) is 99.5 cm³/mol. The van der Waals surface area contributed by atoms with E-state index in [4.69, 9.17) is 9.94 Å². The maximum absolute atomic E-state index is 12.2. The number of hydrogen-bond acceptors (Lipinski definition) is 6. The molecule has 146 valence electrons. The topological polar surface area (TPSA) is 125 Å². The van der Waals surface area contributed by atoms with E-state index in [-0.39, 0.29) is 5.75 Å². The zero-order valence-corrected chi connectivity index (χ0v) is 15.0. The number of amides is 3. The van der Waals surface area contributed by atoms with E-state index in [2.05, 4.69) is 5.32 Å². The van der Waals surface area contributed by atoms with E-state index in [1.54, 1.807) is 49.4 Å². The lowest BCUT2D eigenvalue weighted by atomic mass is 9.96. The van der Waals surface area contributed by atoms with Gasteiger partial charge in [-0.15, -0.1) is 0 Å². The van der Waals surface area contributed by atoms with Gasteiger partial charge in [0.1, 0.15) is 11.9 Å². The molecule has 4 N–H and O–H groups in total. The summed E-state index contributed by atoms with van der Waals surface area (Å²) in [5.41, 5.74) is 2.31. The van der Waals surface area contributed by atoms with Gasteiger partial charge in [0.25, 0.3) is 11.8 Å². The highest BCUT2D eigenvalue weighted by Gasteiger charge is 2.23. The Labute approximate surface area is 161 Å². The van der Waals surface area contributed by atoms with Crippen LogP contribution in [0.2, 0.25) is 0 Å². The fourth-order valence-electron chi connectivity index (χ4n) is 2.42. The average Bonchev–Trinajstić information content (AvgIpc) is 2.71. The number of rotatable bonds is 6. The standard InChI is InChI=1S/C20H20N2O6/c1-13(7-12-17(24)22-27)18(14-8-10-16(23)11-9-14)28-20(26)21-19(25)15-5-3-2-4-6-15/h2-13,18,23,27H,1H3,(H,22,24)(H,21,25,26)/b12-7+/t13-,18-/m0/s1. The van der Waals surface area contributed by atoms with Crippen LogP contribution in [0.25, 0.3) is 0 Å². The summed E-state index contributed by atoms with van der Waals surface area (Å²) in [5, 5.41) is 20.2. The van der Waals surface area contributed by atoms with E-state index in [0.717, 1.165) is 6.08 Å². The first-order valence-corrected chi connectivity index (χ1v) is 8.39. The smallest absolute Gasteiger partial charge is 0.414 e. The molecule has 0 saturated heterocycles. The van der Waals surface area contributed by atoms with Crippen molar-refractivity contribution >= 4 is 17.9 Å². The molecule has 0 aliphatic heterocycles. The summed E-state index contributed by atoms with van der Waals surface area (Å²) in [7, 11) is 0. The molecule has 0 heterocycles. The van der Waals surface area contributed by atoms with Crippen LogP contribution < -0.4 is 10.8 Å². The Kier molecular flexibility index (Phi) is 7.29. The minimum Gasteiger partial charge on any atom is -0.508 e. The van der Waals surface area contributed by atoms with Gasteiger partial charge in [-0.3, -0.25) is 20.1 Å². The molecule has 0 fully saturated rings. The van der Waals surface area contributed by atoms with Crippen molar-refractivity contribution in [1.82, 2.24) is 10.8 Å². The number of hydrogen-bond donors (Lipinski definition) is 4. The van der Waals surface area contributed by atoms with Crippen molar-refractivity contribution in [3.8, 4) is 5.75 Å². The van der Waals surface area contributed by atoms with Gasteiger partial charge in [0.2, 0.25) is 0 Å². The molecule has 0 unspecified atom stereocenters. The lowest BCUT2D eigenvalue weighted by molar-refractivity contribution is -0.124. The third-order valence-electron chi connectivity index (χ3n) is 3.85. The zero-order chi connectivity index (χ0) is 20.5. The number of phenolic OH excluding ortho intramolecular Hbond substituents is 1. The highest BCUT2D eigenvalue weighted by atomic mass is 16.6. The second kappa shape index (κ2) is 9.89. The van der Waals surface area contributed by atoms with Gasteiger partial charge in [0.15, 0.2) is 0 Å². The zero-order valence-electron chi connectivity index (χ0n) is 15.0. The van der Waals surface area contributed by atoms with Crippen LogP contribution in [0.1, 0.15) is 28.9 Å². The number of alkyl carbamates (subject to hydrolysis) is 1. The number of aromatic hydroxyl groups is 1. The Bertz CT molecular complexity index is 849. The lowest BCUT2D eigenvalue weighted by Crippen LogP contribution is -2.33. The van der Waals surface area contributed by atoms with Gasteiger partial charge < -0.3 is 9.84 Å². The van der Waals surface area contributed by atoms with Crippen LogP contribution in [0, 0.1) is 5.92 Å². The van der Waals surface area contributed by atoms with E-state index in [1.807, 2.05) is 0 Å². The van der Waals surface area contributed by atoms with Crippen LogP contribution in [0.4, 0.5) is 4.79 Å². The highest BCUT2D eigenvalue weighted by Crippen LogP contribution is 2.28. The van der Waals surface area contributed by atoms with E-state index >= 15 is 0 Å². The molecular formula is C20H20N2O6. The summed E-state index contributed by atoms with van der Waals surface area (Å²) in [6.07, 6.45) is 0.717. The van der Waals surface area contributed by atoms with Crippen LogP contribution in [0.3, 0.4) is 0 Å². The molecule has 0 aromatic heterocycles. The Hall–Kier alpha value is -3.65. The molecule has 0 radical (unpaired) electrons. The number of nitrogens with one attached hydrogen (secondary N) is 2. The fourth-order valence-corrected chi connectivity index (χ4v) is 2.42. The van der Waals surface area contributed by atoms with Crippen molar-refractivity contribution in [1.29, 1.82) is 0 Å². The van der Waals surface area contributed by atoms with E-state index in [1.165, 1.54) is 23.7 Å². The van der Waals surface area contributed by atoms with Crippen molar-refractivity contribution in [2.75, 3.05) is 0 Å². The van der Waals surface area contributed by atoms with Crippen LogP contribution in [0.15, 0.2) is 66.7 Å². The molecule has 0 aliphatic carbocycles. The molecule has 0 aliphatic rings. The van der Waals surface area contributed by atoms with Crippen molar-refractivity contribution in [2.24, 2.45) is 5.92 Å². The summed E-state index contributed by atoms with van der Waals surface area (Å²) in [6, 6.07) is 14.2. The van der Waals surface area contributed by atoms with E-state index < -0.39 is 29.9 Å². The van der Waals surface area contributed by atoms with Gasteiger partial charge in [-0.25, -0.2) is 10.3 Å². The first kappa shape index (κ1) is 20.7. The minimum atomic E-state index is -0.959. The van der Waals surface area contributed by atoms with Gasteiger partial charge in [-0.05, 0) is 29.8 Å². The molecule has 28 heavy (non-hydrogen) atoms. The maximum atomic E-state index is 12.2. The Balaban J connectivity index is 2.15. The van der Waals surface area contributed by atoms with E-state index in [9.17, 15) is 19.5 Å². The number of carbonyl (C=O) groups excluding carboxylic acids is 3. The van der Waals surface area contributed by atoms with Crippen molar-refractivity contribution < 1.29 is 29.4 Å². The third-order valence-corrected chi connectivity index (χ3v) is 3.85. The molecule has 2 atom stereocenters. The average molecular weight is 384 g/mol. The molecular weight excluding hydrogens is 364 g/mol. The van der Waals surface area contributed by atoms with Gasteiger partial charge in [0, 0.05) is 17.6 Å². The Morgan fingerprint density at radius 3 is 2.29 bits per heavy atom. The summed E-state index contributed by atoms with van der Waals surface area (Å²) in [5.74, 6) is -1.80. The van der Waals surface area contributed by atoms with Crippen molar-refractivity contribution in [3.63, 3.8) is 0 Å². The van der Waals surface area contributed by atoms with Crippen LogP contribution >= 0.6 is 0 Å². The molecule has 8 heteroatoms. The van der Waals surface area contributed by atoms with Gasteiger partial charge in [-0.1, -0.05) is 43.3 Å². The molecule has 0 spiro atoms. The van der Waals surface area contributed by atoms with Crippen LogP contribution in [-0.4, -0.2) is 28.2 Å². The Morgan fingerprint density at radius 1 is 1.04 bits per heavy atom. The van der Waals surface area contributed by atoms with E-state index in [0.29, 0.717) is 11.1 Å². The number of carbonyl (C=O) groups is 3. The summed E-state index contributed by atoms with van der Waals surface area (Å²) < 4.78 is 5.40. The largest absolute Gasteiger partial charge is 0.508 e. The van der Waals surface area contributed by atoms with Crippen molar-refractivity contribution in [2.45, 2.75) is 13.0 Å². The van der Waals surface area contributed by atoms with Gasteiger partial charge in [0.05, 0.1) is 0 Å². The maximum Gasteiger partial charge on any atom is 0.414 e. The number of hydroxylamine groups is 1. The molecule has 2 aromatic carbocycles. The minimum absolute atomic E-state index is 0.0362. The van der Waals surface area contributed by atoms with Crippen LogP contribution in [-0.2, 0) is 9.53 Å². The quantitative estimate of drug-likeness (QED) is 0.345. The molecule has 0 saturated carbocycles.